The van der Waals surface area contributed by atoms with E-state index in [2.05, 4.69) is 15.6 Å². The molecule has 1 saturated heterocycles. The fraction of sp³-hybridized carbons (Fsp3) is 0.720. The van der Waals surface area contributed by atoms with E-state index in [0.29, 0.717) is 19.3 Å². The number of nitrogens with zero attached hydrogens (tertiary/aromatic N) is 2. The first-order valence-electron chi connectivity index (χ1n) is 13.1. The number of aliphatic carboxylic acids is 1. The molecule has 13 heteroatoms. The number of aldehydes is 1. The first kappa shape index (κ1) is 32.5. The minimum atomic E-state index is -1.34. The molecule has 0 spiro atoms. The van der Waals surface area contributed by atoms with Crippen LogP contribution in [-0.2, 0) is 28.8 Å². The van der Waals surface area contributed by atoms with Crippen LogP contribution in [0.25, 0.3) is 0 Å². The van der Waals surface area contributed by atoms with Gasteiger partial charge in [-0.3, -0.25) is 33.8 Å². The van der Waals surface area contributed by atoms with Crippen molar-refractivity contribution in [2.24, 2.45) is 28.3 Å². The van der Waals surface area contributed by atoms with Crippen molar-refractivity contribution in [1.82, 2.24) is 15.5 Å². The fourth-order valence-electron chi connectivity index (χ4n) is 4.65. The van der Waals surface area contributed by atoms with E-state index in [0.717, 1.165) is 12.8 Å². The number of guanidine groups is 1. The number of rotatable bonds is 17. The molecule has 1 fully saturated rings. The Morgan fingerprint density at radius 3 is 2.21 bits per heavy atom. The third-order valence-electron chi connectivity index (χ3n) is 6.46. The monoisotopic (exact) mass is 538 g/mol. The molecular formula is C25H42N6O7. The Labute approximate surface area is 223 Å². The number of Topliss-reactive ketones (excluding diaryl/α,β-unsaturated/α-hetero) is 1. The number of carboxylic acids is 1. The molecule has 7 N–H and O–H groups in total. The number of carbonyl (C=O) groups excluding carboxylic acids is 5. The van der Waals surface area contributed by atoms with E-state index in [1.54, 1.807) is 0 Å². The van der Waals surface area contributed by atoms with Crippen LogP contribution >= 0.6 is 0 Å². The summed E-state index contributed by atoms with van der Waals surface area (Å²) in [6.07, 6.45) is 2.90. The summed E-state index contributed by atoms with van der Waals surface area (Å²) in [5, 5.41) is 14.6. The molecule has 1 aliphatic heterocycles. The van der Waals surface area contributed by atoms with E-state index in [1.807, 2.05) is 20.8 Å². The SMILES string of the molecule is CCCC(CCC)C(=O)NC(CC(=O)O)C(=O)N1C[C@@H](C)CC1C(=O)N[C@@H](CCCN=C(N)N)C(=O)C=O. The van der Waals surface area contributed by atoms with E-state index < -0.39 is 48.1 Å². The summed E-state index contributed by atoms with van der Waals surface area (Å²) in [6.45, 7) is 6.08. The maximum absolute atomic E-state index is 13.5. The van der Waals surface area contributed by atoms with Crippen molar-refractivity contribution in [2.45, 2.75) is 90.3 Å². The van der Waals surface area contributed by atoms with Crippen molar-refractivity contribution in [1.29, 1.82) is 0 Å². The smallest absolute Gasteiger partial charge is 0.305 e. The zero-order chi connectivity index (χ0) is 28.8. The number of nitrogens with two attached hydrogens (primary N) is 2. The van der Waals surface area contributed by atoms with Gasteiger partial charge in [0, 0.05) is 19.0 Å². The van der Waals surface area contributed by atoms with Crippen molar-refractivity contribution < 1.29 is 33.9 Å². The molecule has 0 aromatic heterocycles. The quantitative estimate of drug-likeness (QED) is 0.0539. The Morgan fingerprint density at radius 2 is 1.68 bits per heavy atom. The van der Waals surface area contributed by atoms with Gasteiger partial charge in [0.1, 0.15) is 12.1 Å². The lowest BCUT2D eigenvalue weighted by molar-refractivity contribution is -0.146. The summed E-state index contributed by atoms with van der Waals surface area (Å²) in [5.74, 6) is -4.37. The zero-order valence-electron chi connectivity index (χ0n) is 22.5. The zero-order valence-corrected chi connectivity index (χ0v) is 22.5. The molecule has 0 aromatic carbocycles. The lowest BCUT2D eigenvalue weighted by Crippen LogP contribution is -2.56. The van der Waals surface area contributed by atoms with Crippen LogP contribution in [0, 0.1) is 11.8 Å². The summed E-state index contributed by atoms with van der Waals surface area (Å²) in [5.41, 5.74) is 10.6. The van der Waals surface area contributed by atoms with Gasteiger partial charge >= 0.3 is 5.97 Å². The molecule has 0 saturated carbocycles. The van der Waals surface area contributed by atoms with E-state index in [9.17, 15) is 33.9 Å². The van der Waals surface area contributed by atoms with Crippen LogP contribution in [-0.4, -0.2) is 82.9 Å². The summed E-state index contributed by atoms with van der Waals surface area (Å²) in [7, 11) is 0. The molecule has 1 heterocycles. The molecule has 2 unspecified atom stereocenters. The number of hydrogen-bond acceptors (Lipinski definition) is 7. The highest BCUT2D eigenvalue weighted by molar-refractivity contribution is 6.28. The average Bonchev–Trinajstić information content (AvgIpc) is 3.25. The Hall–Kier alpha value is -3.51. The van der Waals surface area contributed by atoms with Gasteiger partial charge in [-0.05, 0) is 38.0 Å². The van der Waals surface area contributed by atoms with Crippen LogP contribution in [0.1, 0.15) is 72.1 Å². The lowest BCUT2D eigenvalue weighted by atomic mass is 9.96. The van der Waals surface area contributed by atoms with Crippen LogP contribution in [0.2, 0.25) is 0 Å². The van der Waals surface area contributed by atoms with Crippen molar-refractivity contribution >= 4 is 41.7 Å². The molecule has 0 aliphatic carbocycles. The summed E-state index contributed by atoms with van der Waals surface area (Å²) >= 11 is 0. The molecule has 0 aromatic rings. The largest absolute Gasteiger partial charge is 0.481 e. The van der Waals surface area contributed by atoms with E-state index in [4.69, 9.17) is 11.5 Å². The van der Waals surface area contributed by atoms with E-state index >= 15 is 0 Å². The minimum absolute atomic E-state index is 0.0918. The number of carboxylic acid groups (broad SMARTS) is 1. The molecule has 4 atom stereocenters. The first-order valence-corrected chi connectivity index (χ1v) is 13.1. The summed E-state index contributed by atoms with van der Waals surface area (Å²) < 4.78 is 0. The average molecular weight is 539 g/mol. The van der Waals surface area contributed by atoms with Gasteiger partial charge in [0.05, 0.1) is 12.5 Å². The second-order valence-electron chi connectivity index (χ2n) is 9.81. The van der Waals surface area contributed by atoms with Crippen LogP contribution in [0.15, 0.2) is 4.99 Å². The molecule has 38 heavy (non-hydrogen) atoms. The van der Waals surface area contributed by atoms with Crippen LogP contribution in [0.3, 0.4) is 0 Å². The Bertz CT molecular complexity index is 883. The molecule has 13 nitrogen and oxygen atoms in total. The maximum atomic E-state index is 13.5. The number of amides is 3. The standard InChI is InChI=1S/C25H42N6O7/c1-4-7-16(8-5-2)22(36)30-18(12-21(34)35)24(38)31-13-15(3)11-19(31)23(37)29-17(20(33)14-32)9-6-10-28-25(26)27/h14-19H,4-13H2,1-3H3,(H,29,37)(H,30,36)(H,34,35)(H4,26,27,28)/t15-,17-,18?,19?/m0/s1. The molecule has 1 aliphatic rings. The molecule has 214 valence electrons. The van der Waals surface area contributed by atoms with E-state index in [1.165, 1.54) is 4.90 Å². The topological polar surface area (TPSA) is 214 Å². The first-order chi connectivity index (χ1) is 17.9. The molecular weight excluding hydrogens is 496 g/mol. The maximum Gasteiger partial charge on any atom is 0.305 e. The van der Waals surface area contributed by atoms with Crippen molar-refractivity contribution in [2.75, 3.05) is 13.1 Å². The van der Waals surface area contributed by atoms with Gasteiger partial charge in [0.25, 0.3) is 0 Å². The van der Waals surface area contributed by atoms with Crippen LogP contribution in [0.5, 0.6) is 0 Å². The Kier molecular flexibility index (Phi) is 14.0. The third kappa shape index (κ3) is 10.5. The number of likely N-dealkylation sites (tertiary alicyclic amines) is 1. The number of hydrogen-bond donors (Lipinski definition) is 5. The number of carbonyl (C=O) groups is 6. The van der Waals surface area contributed by atoms with Crippen LogP contribution in [0.4, 0.5) is 0 Å². The Morgan fingerprint density at radius 1 is 1.05 bits per heavy atom. The van der Waals surface area contributed by atoms with Gasteiger partial charge < -0.3 is 32.1 Å². The predicted molar refractivity (Wildman–Crippen MR) is 140 cm³/mol. The molecule has 1 rings (SSSR count). The highest BCUT2D eigenvalue weighted by atomic mass is 16.4. The number of aliphatic imine (C=N–C) groups is 1. The summed E-state index contributed by atoms with van der Waals surface area (Å²) in [4.78, 5) is 79.4. The fourth-order valence-corrected chi connectivity index (χ4v) is 4.65. The molecule has 3 amide bonds. The third-order valence-corrected chi connectivity index (χ3v) is 6.46. The molecule has 0 bridgehead atoms. The van der Waals surface area contributed by atoms with E-state index in [-0.39, 0.29) is 55.9 Å². The second-order valence-corrected chi connectivity index (χ2v) is 9.81. The highest BCUT2D eigenvalue weighted by Crippen LogP contribution is 2.25. The molecule has 0 radical (unpaired) electrons. The lowest BCUT2D eigenvalue weighted by Gasteiger charge is -2.30. The number of nitrogens with one attached hydrogen (secondary N) is 2. The normalized spacial score (nSPS) is 18.4. The van der Waals surface area contributed by atoms with Gasteiger partial charge in [-0.1, -0.05) is 33.6 Å². The highest BCUT2D eigenvalue weighted by Gasteiger charge is 2.42. The predicted octanol–water partition coefficient (Wildman–Crippen LogP) is -0.294. The van der Waals surface area contributed by atoms with Crippen LogP contribution < -0.4 is 22.1 Å². The van der Waals surface area contributed by atoms with Gasteiger partial charge in [-0.2, -0.15) is 0 Å². The summed E-state index contributed by atoms with van der Waals surface area (Å²) in [6, 6.07) is -3.46. The van der Waals surface area contributed by atoms with Gasteiger partial charge in [-0.25, -0.2) is 0 Å². The second kappa shape index (κ2) is 16.4. The Balaban J connectivity index is 3.07. The number of ketones is 1. The van der Waals surface area contributed by atoms with Crippen molar-refractivity contribution in [3.8, 4) is 0 Å². The van der Waals surface area contributed by atoms with Crippen molar-refractivity contribution in [3.63, 3.8) is 0 Å². The van der Waals surface area contributed by atoms with Gasteiger partial charge in [0.2, 0.25) is 23.5 Å². The van der Waals surface area contributed by atoms with Gasteiger partial charge in [-0.15, -0.1) is 0 Å². The van der Waals surface area contributed by atoms with Gasteiger partial charge in [0.15, 0.2) is 12.2 Å². The minimum Gasteiger partial charge on any atom is -0.481 e. The van der Waals surface area contributed by atoms with Crippen molar-refractivity contribution in [3.05, 3.63) is 0 Å².